The molecule has 0 bridgehead atoms. The molecule has 1 aliphatic rings. The molecule has 30 heavy (non-hydrogen) atoms. The Labute approximate surface area is 177 Å². The van der Waals surface area contributed by atoms with Crippen molar-refractivity contribution in [2.45, 2.75) is 26.1 Å². The summed E-state index contributed by atoms with van der Waals surface area (Å²) in [6.45, 7) is 4.00. The number of aliphatic carboxylic acids is 1. The number of rotatable bonds is 4. The van der Waals surface area contributed by atoms with Gasteiger partial charge in [-0.05, 0) is 41.5 Å². The van der Waals surface area contributed by atoms with Gasteiger partial charge in [0, 0.05) is 5.56 Å². The Balaban J connectivity index is 0.00000155. The number of benzene rings is 2. The third-order valence-corrected chi connectivity index (χ3v) is 4.33. The van der Waals surface area contributed by atoms with Gasteiger partial charge in [0.25, 0.3) is 0 Å². The summed E-state index contributed by atoms with van der Waals surface area (Å²) < 4.78 is 49.4. The lowest BCUT2D eigenvalue weighted by Gasteiger charge is -2.27. The highest BCUT2D eigenvalue weighted by molar-refractivity contribution is 6.32. The quantitative estimate of drug-likeness (QED) is 0.564. The molecule has 4 nitrogen and oxygen atoms in total. The largest absolute Gasteiger partial charge is 0.497 e. The van der Waals surface area contributed by atoms with Crippen molar-refractivity contribution in [2.75, 3.05) is 7.11 Å². The molecule has 0 amide bonds. The summed E-state index contributed by atoms with van der Waals surface area (Å²) in [6.07, 6.45) is -3.02. The normalized spacial score (nSPS) is 15.4. The highest BCUT2D eigenvalue weighted by atomic mass is 35.5. The highest BCUT2D eigenvalue weighted by Crippen LogP contribution is 2.41. The number of halogens is 4. The average molecular weight is 441 g/mol. The molecule has 1 unspecified atom stereocenters. The van der Waals surface area contributed by atoms with E-state index in [0.717, 1.165) is 11.6 Å². The van der Waals surface area contributed by atoms with E-state index in [4.69, 9.17) is 26.2 Å². The standard InChI is InChI=1S/C20H14ClF3O4.C2H6/c1-27-14-6-4-11(5-7-14)2-3-12-8-13-10-15(19(25)26)18(20(22,23)24)28-17(13)16(21)9-12;1-2/h2-10,18H,1H3,(H,25,26);1-2H3/b3-2+;. The maximum Gasteiger partial charge on any atom is 0.430 e. The van der Waals surface area contributed by atoms with Crippen molar-refractivity contribution in [3.05, 3.63) is 63.7 Å². The van der Waals surface area contributed by atoms with Crippen molar-refractivity contribution in [1.29, 1.82) is 0 Å². The fourth-order valence-corrected chi connectivity index (χ4v) is 2.99. The molecule has 1 heterocycles. The maximum atomic E-state index is 13.1. The highest BCUT2D eigenvalue weighted by Gasteiger charge is 2.48. The SMILES string of the molecule is CC.COc1ccc(/C=C/c2cc(Cl)c3c(c2)C=C(C(=O)O)C(C(F)(F)F)O3)cc1. The molecule has 160 valence electrons. The number of hydrogen-bond acceptors (Lipinski definition) is 3. The second-order valence-corrected chi connectivity index (χ2v) is 6.38. The lowest BCUT2D eigenvalue weighted by atomic mass is 9.99. The Morgan fingerprint density at radius 1 is 1.13 bits per heavy atom. The van der Waals surface area contributed by atoms with Gasteiger partial charge in [0.05, 0.1) is 17.7 Å². The number of alkyl halides is 3. The Morgan fingerprint density at radius 2 is 1.73 bits per heavy atom. The monoisotopic (exact) mass is 440 g/mol. The van der Waals surface area contributed by atoms with Gasteiger partial charge >= 0.3 is 12.1 Å². The fraction of sp³-hybridized carbons (Fsp3) is 0.227. The summed E-state index contributed by atoms with van der Waals surface area (Å²) in [7, 11) is 1.56. The second-order valence-electron chi connectivity index (χ2n) is 5.97. The average Bonchev–Trinajstić information content (AvgIpc) is 2.72. The third kappa shape index (κ3) is 5.36. The molecule has 0 saturated carbocycles. The van der Waals surface area contributed by atoms with Gasteiger partial charge in [-0.25, -0.2) is 4.79 Å². The second kappa shape index (κ2) is 9.71. The third-order valence-electron chi connectivity index (χ3n) is 4.05. The molecule has 0 saturated heterocycles. The van der Waals surface area contributed by atoms with Crippen LogP contribution in [0.3, 0.4) is 0 Å². The van der Waals surface area contributed by atoms with Crippen LogP contribution >= 0.6 is 11.6 Å². The van der Waals surface area contributed by atoms with Gasteiger partial charge in [0.2, 0.25) is 6.10 Å². The van der Waals surface area contributed by atoms with Crippen molar-refractivity contribution in [3.63, 3.8) is 0 Å². The number of carboxylic acids is 1. The molecule has 0 spiro atoms. The molecule has 0 fully saturated rings. The maximum absolute atomic E-state index is 13.1. The minimum atomic E-state index is -4.88. The van der Waals surface area contributed by atoms with Crippen LogP contribution in [0, 0.1) is 0 Å². The lowest BCUT2D eigenvalue weighted by Crippen LogP contribution is -2.40. The smallest absolute Gasteiger partial charge is 0.430 e. The summed E-state index contributed by atoms with van der Waals surface area (Å²) in [5.74, 6) is -1.20. The molecule has 1 atom stereocenters. The first-order chi connectivity index (χ1) is 14.2. The van der Waals surface area contributed by atoms with Crippen LogP contribution in [-0.2, 0) is 4.79 Å². The van der Waals surface area contributed by atoms with E-state index in [1.165, 1.54) is 12.1 Å². The Morgan fingerprint density at radius 3 is 2.27 bits per heavy atom. The van der Waals surface area contributed by atoms with Gasteiger partial charge in [-0.1, -0.05) is 49.7 Å². The van der Waals surface area contributed by atoms with Gasteiger partial charge < -0.3 is 14.6 Å². The molecule has 1 N–H and O–H groups in total. The van der Waals surface area contributed by atoms with E-state index in [9.17, 15) is 18.0 Å². The van der Waals surface area contributed by atoms with Crippen molar-refractivity contribution < 1.29 is 32.5 Å². The number of carbonyl (C=O) groups is 1. The number of ether oxygens (including phenoxy) is 2. The fourth-order valence-electron chi connectivity index (χ4n) is 2.71. The van der Waals surface area contributed by atoms with Gasteiger partial charge in [0.15, 0.2) is 0 Å². The van der Waals surface area contributed by atoms with Gasteiger partial charge in [-0.2, -0.15) is 13.2 Å². The molecule has 1 aliphatic heterocycles. The first kappa shape index (κ1) is 23.3. The van der Waals surface area contributed by atoms with Crippen LogP contribution in [0.5, 0.6) is 11.5 Å². The summed E-state index contributed by atoms with van der Waals surface area (Å²) in [4.78, 5) is 11.2. The molecular weight excluding hydrogens is 421 g/mol. The molecule has 0 aromatic heterocycles. The summed E-state index contributed by atoms with van der Waals surface area (Å²) in [6, 6.07) is 10.2. The minimum absolute atomic E-state index is 0.0400. The van der Waals surface area contributed by atoms with E-state index in [1.54, 1.807) is 31.4 Å². The van der Waals surface area contributed by atoms with Crippen LogP contribution in [0.2, 0.25) is 5.02 Å². The first-order valence-electron chi connectivity index (χ1n) is 9.03. The molecular formula is C22H20ClF3O4. The van der Waals surface area contributed by atoms with E-state index >= 15 is 0 Å². The molecule has 2 aromatic carbocycles. The predicted molar refractivity (Wildman–Crippen MR) is 111 cm³/mol. The van der Waals surface area contributed by atoms with E-state index < -0.39 is 23.8 Å². The van der Waals surface area contributed by atoms with Crippen molar-refractivity contribution >= 4 is 35.8 Å². The van der Waals surface area contributed by atoms with E-state index in [0.29, 0.717) is 11.3 Å². The lowest BCUT2D eigenvalue weighted by molar-refractivity contribution is -0.187. The van der Waals surface area contributed by atoms with Crippen molar-refractivity contribution in [3.8, 4) is 11.5 Å². The van der Waals surface area contributed by atoms with E-state index in [2.05, 4.69) is 0 Å². The van der Waals surface area contributed by atoms with Crippen LogP contribution in [0.25, 0.3) is 18.2 Å². The first-order valence-corrected chi connectivity index (χ1v) is 9.41. The van der Waals surface area contributed by atoms with Gasteiger partial charge in [-0.15, -0.1) is 0 Å². The number of hydrogen-bond donors (Lipinski definition) is 1. The van der Waals surface area contributed by atoms with Crippen LogP contribution in [0.4, 0.5) is 13.2 Å². The Kier molecular flexibility index (Phi) is 7.56. The van der Waals surface area contributed by atoms with E-state index in [1.807, 2.05) is 26.0 Å². The Bertz CT molecular complexity index is 964. The molecule has 0 aliphatic carbocycles. The van der Waals surface area contributed by atoms with Crippen LogP contribution < -0.4 is 9.47 Å². The summed E-state index contributed by atoms with van der Waals surface area (Å²) in [5.41, 5.74) is 0.714. The zero-order valence-electron chi connectivity index (χ0n) is 16.5. The van der Waals surface area contributed by atoms with E-state index in [-0.39, 0.29) is 16.3 Å². The van der Waals surface area contributed by atoms with Crippen LogP contribution in [0.15, 0.2) is 42.0 Å². The van der Waals surface area contributed by atoms with Crippen molar-refractivity contribution in [2.24, 2.45) is 0 Å². The molecule has 8 heteroatoms. The van der Waals surface area contributed by atoms with Gasteiger partial charge in [-0.3, -0.25) is 0 Å². The van der Waals surface area contributed by atoms with Gasteiger partial charge in [0.1, 0.15) is 11.5 Å². The van der Waals surface area contributed by atoms with Crippen LogP contribution in [0.1, 0.15) is 30.5 Å². The number of carboxylic acid groups (broad SMARTS) is 1. The summed E-state index contributed by atoms with van der Waals surface area (Å²) >= 11 is 6.09. The van der Waals surface area contributed by atoms with Crippen molar-refractivity contribution in [1.82, 2.24) is 0 Å². The zero-order valence-corrected chi connectivity index (χ0v) is 17.2. The topological polar surface area (TPSA) is 55.8 Å². The number of methoxy groups -OCH3 is 1. The summed E-state index contributed by atoms with van der Waals surface area (Å²) in [5, 5.41) is 9.09. The minimum Gasteiger partial charge on any atom is -0.497 e. The molecule has 3 rings (SSSR count). The Hall–Kier alpha value is -2.93. The molecule has 2 aromatic rings. The zero-order chi connectivity index (χ0) is 22.5. The number of fused-ring (bicyclic) bond motifs is 1. The molecule has 0 radical (unpaired) electrons. The predicted octanol–water partition coefficient (Wildman–Crippen LogP) is 6.34. The van der Waals surface area contributed by atoms with Crippen LogP contribution in [-0.4, -0.2) is 30.5 Å².